The van der Waals surface area contributed by atoms with Gasteiger partial charge in [0.1, 0.15) is 12.4 Å². The fourth-order valence-electron chi connectivity index (χ4n) is 2.36. The maximum Gasteiger partial charge on any atom is 0.241 e. The molecule has 0 fully saturated rings. The Morgan fingerprint density at radius 1 is 1.19 bits per heavy atom. The molecule has 2 aromatic rings. The number of nitrogens with one attached hydrogen (secondary N) is 1. The molecule has 2 aromatic carbocycles. The van der Waals surface area contributed by atoms with Crippen LogP contribution in [0.3, 0.4) is 0 Å². The number of para-hydroxylation sites is 1. The summed E-state index contributed by atoms with van der Waals surface area (Å²) in [6.07, 6.45) is 0. The minimum absolute atomic E-state index is 0.217. The molecule has 1 aliphatic heterocycles. The Hall–Kier alpha value is -1.89. The lowest BCUT2D eigenvalue weighted by Gasteiger charge is -2.13. The van der Waals surface area contributed by atoms with Gasteiger partial charge in [-0.05, 0) is 23.8 Å². The lowest BCUT2D eigenvalue weighted by atomic mass is 10.1. The molecule has 6 heteroatoms. The second-order valence-corrected chi connectivity index (χ2v) is 6.59. The fourth-order valence-corrected chi connectivity index (χ4v) is 3.63. The largest absolute Gasteiger partial charge is 0.491 e. The third-order valence-corrected chi connectivity index (χ3v) is 4.91. The molecule has 3 rings (SSSR count). The predicted molar refractivity (Wildman–Crippen MR) is 79.3 cm³/mol. The first kappa shape index (κ1) is 14.1. The van der Waals surface area contributed by atoms with Gasteiger partial charge in [0, 0.05) is 12.1 Å². The van der Waals surface area contributed by atoms with Crippen molar-refractivity contribution in [1.82, 2.24) is 4.72 Å². The highest BCUT2D eigenvalue weighted by molar-refractivity contribution is 7.89. The number of hydrogen-bond acceptors (Lipinski definition) is 4. The molecule has 1 aliphatic rings. The molecule has 0 spiro atoms. The monoisotopic (exact) mass is 304 g/mol. The van der Waals surface area contributed by atoms with E-state index in [1.165, 1.54) is 0 Å². The quantitative estimate of drug-likeness (QED) is 0.898. The Morgan fingerprint density at radius 3 is 2.81 bits per heavy atom. The molecule has 0 saturated heterocycles. The van der Waals surface area contributed by atoms with Crippen LogP contribution in [0.15, 0.2) is 53.4 Å². The predicted octanol–water partition coefficient (Wildman–Crippen LogP) is 1.56. The van der Waals surface area contributed by atoms with Crippen molar-refractivity contribution in [3.8, 4) is 5.75 Å². The molecule has 0 aromatic heterocycles. The molecule has 1 unspecified atom stereocenters. The standard InChI is InChI=1S/C15H16N2O3S/c16-9-11-4-3-5-12(8-11)21(18,19)17-14-10-20-15-7-2-1-6-13(14)15/h1-8,14,17H,9-10,16H2. The average Bonchev–Trinajstić information content (AvgIpc) is 2.90. The first-order valence-electron chi connectivity index (χ1n) is 6.63. The molecule has 5 nitrogen and oxygen atoms in total. The van der Waals surface area contributed by atoms with Crippen LogP contribution in [0.2, 0.25) is 0 Å². The number of hydrogen-bond donors (Lipinski definition) is 2. The topological polar surface area (TPSA) is 81.4 Å². The Kier molecular flexibility index (Phi) is 3.67. The van der Waals surface area contributed by atoms with Crippen LogP contribution in [0.5, 0.6) is 5.75 Å². The molecular weight excluding hydrogens is 288 g/mol. The second-order valence-electron chi connectivity index (χ2n) is 4.87. The van der Waals surface area contributed by atoms with Gasteiger partial charge in [-0.25, -0.2) is 13.1 Å². The normalized spacial score (nSPS) is 17.3. The summed E-state index contributed by atoms with van der Waals surface area (Å²) >= 11 is 0. The Bertz CT molecular complexity index is 759. The molecule has 0 aliphatic carbocycles. The van der Waals surface area contributed by atoms with Crippen molar-refractivity contribution in [2.24, 2.45) is 5.73 Å². The van der Waals surface area contributed by atoms with Gasteiger partial charge in [0.25, 0.3) is 0 Å². The van der Waals surface area contributed by atoms with Gasteiger partial charge in [0.05, 0.1) is 10.9 Å². The summed E-state index contributed by atoms with van der Waals surface area (Å²) in [5, 5.41) is 0. The highest BCUT2D eigenvalue weighted by Gasteiger charge is 2.28. The first-order chi connectivity index (χ1) is 10.1. The van der Waals surface area contributed by atoms with Crippen molar-refractivity contribution >= 4 is 10.0 Å². The Labute approximate surface area is 123 Å². The maximum atomic E-state index is 12.5. The van der Waals surface area contributed by atoms with E-state index in [1.54, 1.807) is 24.3 Å². The molecule has 3 N–H and O–H groups in total. The van der Waals surface area contributed by atoms with E-state index >= 15 is 0 Å². The van der Waals surface area contributed by atoms with Gasteiger partial charge < -0.3 is 10.5 Å². The van der Waals surface area contributed by atoms with E-state index in [1.807, 2.05) is 24.3 Å². The third kappa shape index (κ3) is 2.78. The molecule has 1 heterocycles. The van der Waals surface area contributed by atoms with Gasteiger partial charge in [-0.2, -0.15) is 0 Å². The molecule has 1 atom stereocenters. The van der Waals surface area contributed by atoms with Gasteiger partial charge in [0.2, 0.25) is 10.0 Å². The third-order valence-electron chi connectivity index (χ3n) is 3.44. The molecule has 0 radical (unpaired) electrons. The first-order valence-corrected chi connectivity index (χ1v) is 8.11. The summed E-state index contributed by atoms with van der Waals surface area (Å²) < 4.78 is 33.1. The van der Waals surface area contributed by atoms with Crippen LogP contribution < -0.4 is 15.2 Å². The minimum atomic E-state index is -3.60. The molecular formula is C15H16N2O3S. The number of ether oxygens (including phenoxy) is 1. The lowest BCUT2D eigenvalue weighted by Crippen LogP contribution is -2.29. The summed E-state index contributed by atoms with van der Waals surface area (Å²) in [5.41, 5.74) is 7.19. The smallest absolute Gasteiger partial charge is 0.241 e. The summed E-state index contributed by atoms with van der Waals surface area (Å²) in [4.78, 5) is 0.217. The fraction of sp³-hybridized carbons (Fsp3) is 0.200. The lowest BCUT2D eigenvalue weighted by molar-refractivity contribution is 0.325. The van der Waals surface area contributed by atoms with E-state index in [-0.39, 0.29) is 10.9 Å². The van der Waals surface area contributed by atoms with Crippen LogP contribution in [0.25, 0.3) is 0 Å². The van der Waals surface area contributed by atoms with Gasteiger partial charge in [0.15, 0.2) is 0 Å². The van der Waals surface area contributed by atoms with Crippen molar-refractivity contribution in [2.75, 3.05) is 6.61 Å². The minimum Gasteiger partial charge on any atom is -0.491 e. The van der Waals surface area contributed by atoms with Gasteiger partial charge >= 0.3 is 0 Å². The van der Waals surface area contributed by atoms with Crippen LogP contribution in [-0.2, 0) is 16.6 Å². The summed E-state index contributed by atoms with van der Waals surface area (Å²) in [7, 11) is -3.60. The second kappa shape index (κ2) is 5.48. The Morgan fingerprint density at radius 2 is 2.00 bits per heavy atom. The number of rotatable bonds is 4. The zero-order chi connectivity index (χ0) is 14.9. The van der Waals surface area contributed by atoms with Crippen molar-refractivity contribution in [1.29, 1.82) is 0 Å². The van der Waals surface area contributed by atoms with Crippen LogP contribution in [0.1, 0.15) is 17.2 Å². The van der Waals surface area contributed by atoms with Crippen molar-refractivity contribution in [2.45, 2.75) is 17.5 Å². The van der Waals surface area contributed by atoms with Crippen LogP contribution in [-0.4, -0.2) is 15.0 Å². The highest BCUT2D eigenvalue weighted by atomic mass is 32.2. The number of nitrogens with two attached hydrogens (primary N) is 1. The van der Waals surface area contributed by atoms with Crippen molar-refractivity contribution in [3.63, 3.8) is 0 Å². The summed E-state index contributed by atoms with van der Waals surface area (Å²) in [6, 6.07) is 13.7. The average molecular weight is 304 g/mol. The number of sulfonamides is 1. The maximum absolute atomic E-state index is 12.5. The van der Waals surface area contributed by atoms with Crippen LogP contribution >= 0.6 is 0 Å². The molecule has 0 bridgehead atoms. The van der Waals surface area contributed by atoms with Crippen molar-refractivity contribution in [3.05, 3.63) is 59.7 Å². The molecule has 0 saturated carbocycles. The summed E-state index contributed by atoms with van der Waals surface area (Å²) in [6.45, 7) is 0.605. The number of benzene rings is 2. The van der Waals surface area contributed by atoms with E-state index < -0.39 is 10.0 Å². The van der Waals surface area contributed by atoms with Crippen LogP contribution in [0.4, 0.5) is 0 Å². The van der Waals surface area contributed by atoms with E-state index in [9.17, 15) is 8.42 Å². The van der Waals surface area contributed by atoms with E-state index in [0.717, 1.165) is 16.9 Å². The van der Waals surface area contributed by atoms with Gasteiger partial charge in [-0.3, -0.25) is 0 Å². The number of fused-ring (bicyclic) bond motifs is 1. The van der Waals surface area contributed by atoms with Crippen LogP contribution in [0, 0.1) is 0 Å². The van der Waals surface area contributed by atoms with E-state index in [0.29, 0.717) is 13.2 Å². The Balaban J connectivity index is 1.87. The zero-order valence-corrected chi connectivity index (χ0v) is 12.1. The van der Waals surface area contributed by atoms with Gasteiger partial charge in [-0.1, -0.05) is 30.3 Å². The molecule has 21 heavy (non-hydrogen) atoms. The molecule has 0 amide bonds. The summed E-state index contributed by atoms with van der Waals surface area (Å²) in [5.74, 6) is 0.723. The van der Waals surface area contributed by atoms with Crippen molar-refractivity contribution < 1.29 is 13.2 Å². The van der Waals surface area contributed by atoms with Gasteiger partial charge in [-0.15, -0.1) is 0 Å². The van der Waals surface area contributed by atoms with E-state index in [2.05, 4.69) is 4.72 Å². The molecule has 110 valence electrons. The SMILES string of the molecule is NCc1cccc(S(=O)(=O)NC2COc3ccccc32)c1. The zero-order valence-electron chi connectivity index (χ0n) is 11.3. The highest BCUT2D eigenvalue weighted by Crippen LogP contribution is 2.32. The van der Waals surface area contributed by atoms with E-state index in [4.69, 9.17) is 10.5 Å².